The summed E-state index contributed by atoms with van der Waals surface area (Å²) in [6.45, 7) is 0.0484. The molecule has 3 nitrogen and oxygen atoms in total. The lowest BCUT2D eigenvalue weighted by Gasteiger charge is -2.02. The van der Waals surface area contributed by atoms with Crippen LogP contribution in [-0.4, -0.2) is 14.7 Å². The Morgan fingerprint density at radius 3 is 2.79 bits per heavy atom. The number of aryl methyl sites for hydroxylation is 1. The van der Waals surface area contributed by atoms with Gasteiger partial charge in [0.2, 0.25) is 0 Å². The molecular formula is C11H12N2O. The van der Waals surface area contributed by atoms with Crippen molar-refractivity contribution in [2.45, 2.75) is 6.61 Å². The molecule has 0 atom stereocenters. The molecule has 0 aliphatic rings. The van der Waals surface area contributed by atoms with E-state index in [4.69, 9.17) is 5.11 Å². The summed E-state index contributed by atoms with van der Waals surface area (Å²) < 4.78 is 1.89. The third-order valence-corrected chi connectivity index (χ3v) is 2.17. The molecular weight excluding hydrogens is 176 g/mol. The van der Waals surface area contributed by atoms with Gasteiger partial charge in [0.25, 0.3) is 0 Å². The summed E-state index contributed by atoms with van der Waals surface area (Å²) in [5.74, 6) is 0. The molecule has 0 spiro atoms. The van der Waals surface area contributed by atoms with Crippen molar-refractivity contribution in [3.05, 3.63) is 42.4 Å². The molecule has 72 valence electrons. The number of aliphatic hydroxyl groups excluding tert-OH is 1. The fourth-order valence-electron chi connectivity index (χ4n) is 1.46. The molecule has 0 amide bonds. The van der Waals surface area contributed by atoms with Crippen LogP contribution in [0, 0.1) is 0 Å². The first-order valence-corrected chi connectivity index (χ1v) is 4.48. The lowest BCUT2D eigenvalue weighted by Crippen LogP contribution is -1.88. The average molecular weight is 188 g/mol. The van der Waals surface area contributed by atoms with Crippen LogP contribution >= 0.6 is 0 Å². The van der Waals surface area contributed by atoms with E-state index in [0.29, 0.717) is 0 Å². The van der Waals surface area contributed by atoms with Crippen molar-refractivity contribution in [1.29, 1.82) is 0 Å². The number of imidazole rings is 1. The molecule has 1 aromatic carbocycles. The SMILES string of the molecule is Cn1cnc(-c2ccccc2CO)c1. The average Bonchev–Trinajstić information content (AvgIpc) is 2.65. The summed E-state index contributed by atoms with van der Waals surface area (Å²) in [7, 11) is 1.93. The molecule has 2 rings (SSSR count). The minimum Gasteiger partial charge on any atom is -0.392 e. The molecule has 0 saturated heterocycles. The minimum atomic E-state index is 0.0484. The molecule has 1 aromatic heterocycles. The van der Waals surface area contributed by atoms with E-state index in [2.05, 4.69) is 4.98 Å². The van der Waals surface area contributed by atoms with E-state index in [1.54, 1.807) is 6.33 Å². The van der Waals surface area contributed by atoms with Crippen LogP contribution in [0.5, 0.6) is 0 Å². The Balaban J connectivity index is 2.50. The van der Waals surface area contributed by atoms with Crippen molar-refractivity contribution in [2.24, 2.45) is 7.05 Å². The number of rotatable bonds is 2. The third-order valence-electron chi connectivity index (χ3n) is 2.17. The van der Waals surface area contributed by atoms with E-state index in [1.807, 2.05) is 42.1 Å². The monoisotopic (exact) mass is 188 g/mol. The molecule has 1 heterocycles. The molecule has 0 aliphatic heterocycles. The summed E-state index contributed by atoms with van der Waals surface area (Å²) in [5, 5.41) is 9.15. The Kier molecular flexibility index (Phi) is 2.33. The molecule has 2 aromatic rings. The van der Waals surface area contributed by atoms with Crippen LogP contribution in [0.4, 0.5) is 0 Å². The highest BCUT2D eigenvalue weighted by molar-refractivity contribution is 5.62. The zero-order chi connectivity index (χ0) is 9.97. The fourth-order valence-corrected chi connectivity index (χ4v) is 1.46. The van der Waals surface area contributed by atoms with Gasteiger partial charge in [-0.1, -0.05) is 24.3 Å². The molecule has 14 heavy (non-hydrogen) atoms. The molecule has 3 heteroatoms. The van der Waals surface area contributed by atoms with Gasteiger partial charge in [0, 0.05) is 18.8 Å². The van der Waals surface area contributed by atoms with Gasteiger partial charge in [-0.15, -0.1) is 0 Å². The Morgan fingerprint density at radius 2 is 2.14 bits per heavy atom. The molecule has 0 saturated carbocycles. The summed E-state index contributed by atoms with van der Waals surface area (Å²) in [5.41, 5.74) is 2.80. The third kappa shape index (κ3) is 1.54. The molecule has 0 fully saturated rings. The Labute approximate surface area is 82.7 Å². The second kappa shape index (κ2) is 3.64. The fraction of sp³-hybridized carbons (Fsp3) is 0.182. The highest BCUT2D eigenvalue weighted by atomic mass is 16.3. The molecule has 0 aliphatic carbocycles. The van der Waals surface area contributed by atoms with E-state index in [-0.39, 0.29) is 6.61 Å². The minimum absolute atomic E-state index is 0.0484. The smallest absolute Gasteiger partial charge is 0.0951 e. The number of nitrogens with zero attached hydrogens (tertiary/aromatic N) is 2. The van der Waals surface area contributed by atoms with Gasteiger partial charge in [-0.05, 0) is 5.56 Å². The molecule has 1 N–H and O–H groups in total. The first-order valence-electron chi connectivity index (χ1n) is 4.48. The van der Waals surface area contributed by atoms with E-state index in [1.165, 1.54) is 0 Å². The van der Waals surface area contributed by atoms with E-state index in [0.717, 1.165) is 16.8 Å². The number of hydrogen-bond donors (Lipinski definition) is 1. The van der Waals surface area contributed by atoms with Crippen molar-refractivity contribution in [3.63, 3.8) is 0 Å². The van der Waals surface area contributed by atoms with Gasteiger partial charge >= 0.3 is 0 Å². The van der Waals surface area contributed by atoms with Crippen molar-refractivity contribution >= 4 is 0 Å². The number of benzene rings is 1. The van der Waals surface area contributed by atoms with Gasteiger partial charge in [-0.25, -0.2) is 4.98 Å². The van der Waals surface area contributed by atoms with Crippen molar-refractivity contribution < 1.29 is 5.11 Å². The summed E-state index contributed by atoms with van der Waals surface area (Å²) in [4.78, 5) is 4.25. The largest absolute Gasteiger partial charge is 0.392 e. The topological polar surface area (TPSA) is 38.0 Å². The quantitative estimate of drug-likeness (QED) is 0.777. The van der Waals surface area contributed by atoms with Crippen LogP contribution in [0.3, 0.4) is 0 Å². The first kappa shape index (κ1) is 8.97. The molecule has 0 radical (unpaired) electrons. The molecule has 0 unspecified atom stereocenters. The van der Waals surface area contributed by atoms with Gasteiger partial charge in [0.05, 0.1) is 18.6 Å². The standard InChI is InChI=1S/C11H12N2O/c1-13-6-11(12-8-13)10-5-3-2-4-9(10)7-14/h2-6,8,14H,7H2,1H3. The summed E-state index contributed by atoms with van der Waals surface area (Å²) in [6.07, 6.45) is 3.69. The predicted molar refractivity (Wildman–Crippen MR) is 54.6 cm³/mol. The van der Waals surface area contributed by atoms with Gasteiger partial charge < -0.3 is 9.67 Å². The van der Waals surface area contributed by atoms with Crippen LogP contribution in [0.1, 0.15) is 5.56 Å². The van der Waals surface area contributed by atoms with Crippen LogP contribution in [0.2, 0.25) is 0 Å². The highest BCUT2D eigenvalue weighted by Gasteiger charge is 2.05. The summed E-state index contributed by atoms with van der Waals surface area (Å²) in [6, 6.07) is 7.74. The van der Waals surface area contributed by atoms with Crippen LogP contribution in [0.25, 0.3) is 11.3 Å². The number of hydrogen-bond acceptors (Lipinski definition) is 2. The van der Waals surface area contributed by atoms with Gasteiger partial charge in [-0.2, -0.15) is 0 Å². The summed E-state index contributed by atoms with van der Waals surface area (Å²) >= 11 is 0. The van der Waals surface area contributed by atoms with Crippen LogP contribution < -0.4 is 0 Å². The van der Waals surface area contributed by atoms with Crippen molar-refractivity contribution in [1.82, 2.24) is 9.55 Å². The van der Waals surface area contributed by atoms with E-state index >= 15 is 0 Å². The van der Waals surface area contributed by atoms with E-state index in [9.17, 15) is 0 Å². The highest BCUT2D eigenvalue weighted by Crippen LogP contribution is 2.21. The van der Waals surface area contributed by atoms with Gasteiger partial charge in [0.1, 0.15) is 0 Å². The second-order valence-electron chi connectivity index (χ2n) is 3.24. The number of aliphatic hydroxyl groups is 1. The van der Waals surface area contributed by atoms with Gasteiger partial charge in [-0.3, -0.25) is 0 Å². The maximum atomic E-state index is 9.15. The Hall–Kier alpha value is -1.61. The lowest BCUT2D eigenvalue weighted by atomic mass is 10.1. The maximum absolute atomic E-state index is 9.15. The normalized spacial score (nSPS) is 10.4. The Bertz CT molecular complexity index is 434. The zero-order valence-corrected chi connectivity index (χ0v) is 8.01. The Morgan fingerprint density at radius 1 is 1.36 bits per heavy atom. The number of aromatic nitrogens is 2. The first-order chi connectivity index (χ1) is 6.81. The van der Waals surface area contributed by atoms with Crippen molar-refractivity contribution in [2.75, 3.05) is 0 Å². The van der Waals surface area contributed by atoms with Crippen LogP contribution in [0.15, 0.2) is 36.8 Å². The van der Waals surface area contributed by atoms with Crippen LogP contribution in [-0.2, 0) is 13.7 Å². The van der Waals surface area contributed by atoms with Crippen molar-refractivity contribution in [3.8, 4) is 11.3 Å². The second-order valence-corrected chi connectivity index (χ2v) is 3.24. The van der Waals surface area contributed by atoms with Gasteiger partial charge in [0.15, 0.2) is 0 Å². The predicted octanol–water partition coefficient (Wildman–Crippen LogP) is 1.58. The zero-order valence-electron chi connectivity index (χ0n) is 8.01. The maximum Gasteiger partial charge on any atom is 0.0951 e. The lowest BCUT2D eigenvalue weighted by molar-refractivity contribution is 0.282. The van der Waals surface area contributed by atoms with E-state index < -0.39 is 0 Å². The molecule has 0 bridgehead atoms.